The number of carbonyl (C=O) groups excluding carboxylic acids is 1. The van der Waals surface area contributed by atoms with Crippen LogP contribution in [0.1, 0.15) is 91.2 Å². The summed E-state index contributed by atoms with van der Waals surface area (Å²) in [5, 5.41) is 16.3. The van der Waals surface area contributed by atoms with E-state index in [4.69, 9.17) is 9.47 Å². The second kappa shape index (κ2) is 15.5. The zero-order valence-corrected chi connectivity index (χ0v) is 30.3. The van der Waals surface area contributed by atoms with Gasteiger partial charge in [-0.1, -0.05) is 116 Å². The maximum atomic E-state index is 13.1. The third-order valence-electron chi connectivity index (χ3n) is 12.2. The number of benzene rings is 4. The lowest BCUT2D eigenvalue weighted by Crippen LogP contribution is -2.61. The Morgan fingerprint density at radius 1 is 0.712 bits per heavy atom. The highest BCUT2D eigenvalue weighted by molar-refractivity contribution is 5.75. The van der Waals surface area contributed by atoms with Crippen molar-refractivity contribution in [3.05, 3.63) is 143 Å². The van der Waals surface area contributed by atoms with Crippen LogP contribution in [0.25, 0.3) is 0 Å². The molecule has 5 aliphatic rings. The molecule has 9 rings (SSSR count). The van der Waals surface area contributed by atoms with Crippen LogP contribution < -0.4 is 10.6 Å². The molecular weight excluding hydrogens is 647 g/mol. The third kappa shape index (κ3) is 8.13. The Bertz CT molecular complexity index is 1690. The number of aliphatic hydroxyl groups excluding tert-OH is 1. The molecule has 7 heteroatoms. The van der Waals surface area contributed by atoms with E-state index >= 15 is 0 Å². The molecule has 2 amide bonds. The van der Waals surface area contributed by atoms with Gasteiger partial charge in [-0.3, -0.25) is 4.90 Å². The Labute approximate surface area is 308 Å². The van der Waals surface area contributed by atoms with Gasteiger partial charge in [0.15, 0.2) is 6.29 Å². The third-order valence-corrected chi connectivity index (χ3v) is 12.2. The topological polar surface area (TPSA) is 83.1 Å². The second-order valence-corrected chi connectivity index (χ2v) is 16.2. The molecule has 5 fully saturated rings. The maximum absolute atomic E-state index is 13.1. The van der Waals surface area contributed by atoms with Crippen LogP contribution in [0.4, 0.5) is 4.79 Å². The lowest BCUT2D eigenvalue weighted by atomic mass is 9.53. The summed E-state index contributed by atoms with van der Waals surface area (Å²) in [6.45, 7) is 5.05. The Kier molecular flexibility index (Phi) is 10.5. The van der Waals surface area contributed by atoms with E-state index in [1.807, 2.05) is 12.1 Å². The highest BCUT2D eigenvalue weighted by Gasteiger charge is 2.51. The molecule has 4 aromatic rings. The number of aliphatic hydroxyl groups is 1. The molecule has 4 aromatic carbocycles. The fourth-order valence-electron chi connectivity index (χ4n) is 9.97. The number of carbonyl (C=O) groups is 1. The van der Waals surface area contributed by atoms with Crippen molar-refractivity contribution < 1.29 is 19.4 Å². The van der Waals surface area contributed by atoms with Crippen LogP contribution >= 0.6 is 0 Å². The summed E-state index contributed by atoms with van der Waals surface area (Å²) in [6, 6.07) is 37.6. The van der Waals surface area contributed by atoms with Crippen molar-refractivity contribution in [1.82, 2.24) is 15.5 Å². The van der Waals surface area contributed by atoms with Crippen molar-refractivity contribution in [3.8, 4) is 0 Å². The summed E-state index contributed by atoms with van der Waals surface area (Å²) in [6.07, 6.45) is 6.66. The zero-order valence-electron chi connectivity index (χ0n) is 30.3. The summed E-state index contributed by atoms with van der Waals surface area (Å²) in [7, 11) is 0. The summed E-state index contributed by atoms with van der Waals surface area (Å²) in [4.78, 5) is 15.6. The second-order valence-electron chi connectivity index (χ2n) is 16.2. The minimum absolute atomic E-state index is 0.00123. The van der Waals surface area contributed by atoms with E-state index < -0.39 is 6.29 Å². The number of nitrogens with zero attached hydrogens (tertiary/aromatic N) is 1. The van der Waals surface area contributed by atoms with Crippen molar-refractivity contribution in [2.75, 3.05) is 6.54 Å². The zero-order chi connectivity index (χ0) is 35.5. The molecule has 7 nitrogen and oxygen atoms in total. The van der Waals surface area contributed by atoms with Crippen LogP contribution in [0.5, 0.6) is 0 Å². The Morgan fingerprint density at radius 3 is 1.81 bits per heavy atom. The Balaban J connectivity index is 0.969. The predicted molar refractivity (Wildman–Crippen MR) is 203 cm³/mol. The van der Waals surface area contributed by atoms with Crippen molar-refractivity contribution in [2.24, 2.45) is 23.7 Å². The molecule has 272 valence electrons. The Morgan fingerprint density at radius 2 is 1.25 bits per heavy atom. The number of nitrogens with one attached hydrogen (secondary N) is 2. The van der Waals surface area contributed by atoms with Gasteiger partial charge in [-0.15, -0.1) is 0 Å². The summed E-state index contributed by atoms with van der Waals surface area (Å²) < 4.78 is 13.7. The average molecular weight is 700 g/mol. The van der Waals surface area contributed by atoms with E-state index in [0.717, 1.165) is 78.9 Å². The fourth-order valence-corrected chi connectivity index (χ4v) is 9.97. The van der Waals surface area contributed by atoms with Gasteiger partial charge in [-0.2, -0.15) is 0 Å². The quantitative estimate of drug-likeness (QED) is 0.138. The van der Waals surface area contributed by atoms with E-state index in [-0.39, 0.29) is 36.3 Å². The molecule has 4 atom stereocenters. The molecule has 1 heterocycles. The number of amides is 2. The molecule has 0 radical (unpaired) electrons. The number of hydrogen-bond acceptors (Lipinski definition) is 5. The maximum Gasteiger partial charge on any atom is 0.315 e. The van der Waals surface area contributed by atoms with Gasteiger partial charge in [0.25, 0.3) is 0 Å². The van der Waals surface area contributed by atoms with Gasteiger partial charge in [0.2, 0.25) is 0 Å². The van der Waals surface area contributed by atoms with Crippen LogP contribution in [-0.4, -0.2) is 34.2 Å². The number of urea groups is 1. The lowest BCUT2D eigenvalue weighted by molar-refractivity contribution is -0.276. The SMILES string of the molecule is C[C@H]1[C@@H](CN(Cc2ccccc2)Cc2ccccc2)O[C@@H](c2ccc(CNC(=O)NC34CC5CC(CC(C5)C3)C4)cc2)O[C@H]1c1ccc(CO)cc1. The molecule has 52 heavy (non-hydrogen) atoms. The molecule has 4 saturated carbocycles. The number of hydrogen-bond donors (Lipinski definition) is 3. The van der Waals surface area contributed by atoms with E-state index in [1.165, 1.54) is 30.4 Å². The summed E-state index contributed by atoms with van der Waals surface area (Å²) in [5.74, 6) is 2.45. The molecular formula is C45H53N3O4. The van der Waals surface area contributed by atoms with E-state index in [9.17, 15) is 9.90 Å². The van der Waals surface area contributed by atoms with Crippen molar-refractivity contribution in [2.45, 2.75) is 95.7 Å². The highest BCUT2D eigenvalue weighted by Crippen LogP contribution is 2.55. The highest BCUT2D eigenvalue weighted by atomic mass is 16.7. The van der Waals surface area contributed by atoms with Crippen LogP contribution in [0.2, 0.25) is 0 Å². The molecule has 0 aromatic heterocycles. The van der Waals surface area contributed by atoms with Gasteiger partial charge >= 0.3 is 6.03 Å². The monoisotopic (exact) mass is 699 g/mol. The van der Waals surface area contributed by atoms with Gasteiger partial charge in [0.05, 0.1) is 18.8 Å². The molecule has 0 spiro atoms. The first-order valence-corrected chi connectivity index (χ1v) is 19.4. The summed E-state index contributed by atoms with van der Waals surface area (Å²) in [5.41, 5.74) is 6.48. The number of ether oxygens (including phenoxy) is 2. The predicted octanol–water partition coefficient (Wildman–Crippen LogP) is 8.44. The smallest absolute Gasteiger partial charge is 0.315 e. The summed E-state index contributed by atoms with van der Waals surface area (Å²) >= 11 is 0. The largest absolute Gasteiger partial charge is 0.392 e. The van der Waals surface area contributed by atoms with Crippen LogP contribution in [0.15, 0.2) is 109 Å². The van der Waals surface area contributed by atoms with Gasteiger partial charge in [0.1, 0.15) is 0 Å². The standard InChI is InChI=1S/C45H53N3O4/c1-31-41(29-48(27-33-8-4-2-5-9-33)28-34-10-6-3-7-11-34)51-43(52-42(31)39-16-14-35(30-49)15-17-39)40-18-12-32(13-19-40)26-46-44(50)47-45-23-36-20-37(24-45)22-38(21-36)25-45/h2-19,31,36-38,41-43,49H,20-30H2,1H3,(H2,46,47,50)/t31-,36?,37?,38?,41+,42+,43+,45?/m0/s1. The minimum atomic E-state index is -0.555. The van der Waals surface area contributed by atoms with Gasteiger partial charge in [-0.05, 0) is 84.1 Å². The molecule has 3 N–H and O–H groups in total. The van der Waals surface area contributed by atoms with Crippen LogP contribution in [-0.2, 0) is 35.7 Å². The molecule has 4 bridgehead atoms. The molecule has 0 unspecified atom stereocenters. The van der Waals surface area contributed by atoms with Crippen LogP contribution in [0.3, 0.4) is 0 Å². The van der Waals surface area contributed by atoms with E-state index in [0.29, 0.717) is 6.54 Å². The van der Waals surface area contributed by atoms with E-state index in [1.54, 1.807) is 0 Å². The first kappa shape index (κ1) is 35.0. The van der Waals surface area contributed by atoms with Crippen molar-refractivity contribution in [1.29, 1.82) is 0 Å². The average Bonchev–Trinajstić information content (AvgIpc) is 3.15. The molecule has 1 aliphatic heterocycles. The van der Waals surface area contributed by atoms with Gasteiger partial charge < -0.3 is 25.2 Å². The van der Waals surface area contributed by atoms with Crippen molar-refractivity contribution in [3.63, 3.8) is 0 Å². The first-order chi connectivity index (χ1) is 25.4. The van der Waals surface area contributed by atoms with Gasteiger partial charge in [0, 0.05) is 43.2 Å². The van der Waals surface area contributed by atoms with E-state index in [2.05, 4.69) is 120 Å². The lowest BCUT2D eigenvalue weighted by Gasteiger charge is -2.56. The number of rotatable bonds is 12. The molecule has 1 saturated heterocycles. The van der Waals surface area contributed by atoms with Crippen LogP contribution in [0, 0.1) is 23.7 Å². The van der Waals surface area contributed by atoms with Gasteiger partial charge in [-0.25, -0.2) is 4.79 Å². The fraction of sp³-hybridized carbons (Fsp3) is 0.444. The van der Waals surface area contributed by atoms with Crippen molar-refractivity contribution >= 4 is 6.03 Å². The minimum Gasteiger partial charge on any atom is -0.392 e. The Hall–Kier alpha value is -4.01. The first-order valence-electron chi connectivity index (χ1n) is 19.4. The molecule has 4 aliphatic carbocycles. The normalized spacial score (nSPS) is 29.2.